The Labute approximate surface area is 297 Å². The smallest absolute Gasteiger partial charge is 0.416 e. The fraction of sp³-hybridized carbons (Fsp3) is 0.333. The maximum atomic E-state index is 14.1. The van der Waals surface area contributed by atoms with Crippen LogP contribution in [0.3, 0.4) is 0 Å². The van der Waals surface area contributed by atoms with Crippen molar-refractivity contribution in [3.63, 3.8) is 0 Å². The van der Waals surface area contributed by atoms with Gasteiger partial charge in [-0.05, 0) is 41.9 Å². The van der Waals surface area contributed by atoms with Gasteiger partial charge in [0.1, 0.15) is 5.69 Å². The number of nitrogens with zero attached hydrogens (tertiary/aromatic N) is 7. The summed E-state index contributed by atoms with van der Waals surface area (Å²) >= 11 is 0. The van der Waals surface area contributed by atoms with Crippen LogP contribution in [0.4, 0.5) is 29.6 Å². The first-order valence-corrected chi connectivity index (χ1v) is 16.6. The molecule has 52 heavy (non-hydrogen) atoms. The Morgan fingerprint density at radius 2 is 1.77 bits per heavy atom. The molecular weight excluding hydrogens is 679 g/mol. The van der Waals surface area contributed by atoms with Gasteiger partial charge in [-0.15, -0.1) is 0 Å². The number of nitrogens with one attached hydrogen (secondary N) is 1. The molecular formula is C36H36F3N9O4. The number of halogens is 3. The molecule has 4 aromatic rings. The van der Waals surface area contributed by atoms with Gasteiger partial charge in [0.15, 0.2) is 0 Å². The predicted octanol–water partition coefficient (Wildman–Crippen LogP) is 3.87. The number of imide groups is 1. The average molecular weight is 716 g/mol. The fourth-order valence-corrected chi connectivity index (χ4v) is 6.43. The van der Waals surface area contributed by atoms with E-state index in [9.17, 15) is 32.7 Å². The number of likely N-dealkylation sites (N-methyl/N-ethyl adjacent to an activating group) is 1. The van der Waals surface area contributed by atoms with Crippen LogP contribution < -0.4 is 11.1 Å². The number of anilines is 2. The number of hydrogen-bond donors (Lipinski definition) is 3. The van der Waals surface area contributed by atoms with Gasteiger partial charge in [0.05, 0.1) is 28.8 Å². The number of hydrogen-bond acceptors (Lipinski definition) is 9. The number of benzene rings is 1. The second-order valence-corrected chi connectivity index (χ2v) is 12.6. The third-order valence-corrected chi connectivity index (χ3v) is 9.19. The Kier molecular flexibility index (Phi) is 10.3. The molecule has 13 nitrogen and oxygen atoms in total. The van der Waals surface area contributed by atoms with E-state index >= 15 is 0 Å². The van der Waals surface area contributed by atoms with E-state index in [1.807, 2.05) is 4.90 Å². The molecule has 4 N–H and O–H groups in total. The predicted molar refractivity (Wildman–Crippen MR) is 185 cm³/mol. The molecule has 270 valence electrons. The van der Waals surface area contributed by atoms with Gasteiger partial charge in [-0.3, -0.25) is 19.5 Å². The average Bonchev–Trinajstić information content (AvgIpc) is 3.45. The lowest BCUT2D eigenvalue weighted by atomic mass is 10.0. The summed E-state index contributed by atoms with van der Waals surface area (Å²) in [6.45, 7) is 6.14. The van der Waals surface area contributed by atoms with Gasteiger partial charge in [0, 0.05) is 88.3 Å². The van der Waals surface area contributed by atoms with Gasteiger partial charge in [0.25, 0.3) is 5.91 Å². The summed E-state index contributed by atoms with van der Waals surface area (Å²) in [7, 11) is 1.74. The number of carboxylic acid groups (broad SMARTS) is 1. The summed E-state index contributed by atoms with van der Waals surface area (Å²) in [6, 6.07) is 7.08. The third kappa shape index (κ3) is 7.90. The minimum Gasteiger partial charge on any atom is -0.465 e. The highest BCUT2D eigenvalue weighted by Gasteiger charge is 2.35. The molecule has 3 amide bonds. The molecule has 5 heterocycles. The van der Waals surface area contributed by atoms with Crippen LogP contribution in [0.2, 0.25) is 0 Å². The van der Waals surface area contributed by atoms with E-state index in [2.05, 4.69) is 43.9 Å². The van der Waals surface area contributed by atoms with E-state index in [-0.39, 0.29) is 42.3 Å². The summed E-state index contributed by atoms with van der Waals surface area (Å²) in [5.41, 5.74) is 8.31. The number of nitrogen functional groups attached to an aromatic ring is 1. The van der Waals surface area contributed by atoms with Gasteiger partial charge in [-0.1, -0.05) is 24.8 Å². The van der Waals surface area contributed by atoms with Gasteiger partial charge in [-0.2, -0.15) is 13.2 Å². The Morgan fingerprint density at radius 3 is 2.48 bits per heavy atom. The van der Waals surface area contributed by atoms with Crippen molar-refractivity contribution < 1.29 is 32.7 Å². The van der Waals surface area contributed by atoms with Crippen LogP contribution in [-0.2, 0) is 37.4 Å². The number of aromatic nitrogens is 4. The molecule has 1 aromatic carbocycles. The first kappa shape index (κ1) is 36.0. The topological polar surface area (TPSA) is 163 Å². The lowest BCUT2D eigenvalue weighted by molar-refractivity contribution is -0.138. The standard InChI is InChI=1S/C36H36F3N9O4/c1-3-46-10-12-47(13-11-46)21-25-6-7-26(16-28(25)36(37,38)39)43-31(49)15-23-14-22(18-41-19-23)4-5-24-20-42-34(40)44-32(24)30-17-27-29(45(30)2)8-9-48(33(27)50)35(51)52/h6-7,14,16-20H,3,8-13,15,21H2,1-2H3,(H,43,49)(H,51,52)(H2,40,42,44). The molecule has 0 unspecified atom stereocenters. The van der Waals surface area contributed by atoms with Gasteiger partial charge < -0.3 is 25.6 Å². The maximum absolute atomic E-state index is 14.1. The van der Waals surface area contributed by atoms with Crippen molar-refractivity contribution in [1.82, 2.24) is 34.2 Å². The highest BCUT2D eigenvalue weighted by molar-refractivity contribution is 6.05. The number of piperazine rings is 1. The molecule has 1 saturated heterocycles. The highest BCUT2D eigenvalue weighted by Crippen LogP contribution is 2.35. The molecule has 0 bridgehead atoms. The van der Waals surface area contributed by atoms with Crippen LogP contribution >= 0.6 is 0 Å². The number of rotatable bonds is 7. The van der Waals surface area contributed by atoms with Crippen molar-refractivity contribution in [3.8, 4) is 23.2 Å². The van der Waals surface area contributed by atoms with Crippen LogP contribution in [0.1, 0.15) is 50.8 Å². The number of fused-ring (bicyclic) bond motifs is 1. The second-order valence-electron chi connectivity index (χ2n) is 12.6. The van der Waals surface area contributed by atoms with E-state index in [4.69, 9.17) is 5.73 Å². The van der Waals surface area contributed by atoms with Crippen molar-refractivity contribution in [2.24, 2.45) is 7.05 Å². The van der Waals surface area contributed by atoms with Crippen LogP contribution in [0.15, 0.2) is 48.9 Å². The lowest BCUT2D eigenvalue weighted by Gasteiger charge is -2.34. The number of pyridine rings is 1. The summed E-state index contributed by atoms with van der Waals surface area (Å²) < 4.78 is 44.0. The molecule has 0 atom stereocenters. The van der Waals surface area contributed by atoms with Gasteiger partial charge in [0.2, 0.25) is 11.9 Å². The van der Waals surface area contributed by atoms with Crippen molar-refractivity contribution >= 4 is 29.5 Å². The highest BCUT2D eigenvalue weighted by atomic mass is 19.4. The molecule has 0 aliphatic carbocycles. The zero-order valence-corrected chi connectivity index (χ0v) is 28.5. The summed E-state index contributed by atoms with van der Waals surface area (Å²) in [6.07, 6.45) is -1.38. The third-order valence-electron chi connectivity index (χ3n) is 9.19. The molecule has 0 spiro atoms. The van der Waals surface area contributed by atoms with E-state index in [0.717, 1.165) is 30.6 Å². The van der Waals surface area contributed by atoms with Gasteiger partial charge in [-0.25, -0.2) is 19.7 Å². The normalized spacial score (nSPS) is 15.2. The molecule has 2 aliphatic heterocycles. The molecule has 6 rings (SSSR count). The summed E-state index contributed by atoms with van der Waals surface area (Å²) in [5, 5.41) is 12.0. The molecule has 2 aliphatic rings. The SMILES string of the molecule is CCN1CCN(Cc2ccc(NC(=O)Cc3cncc(C#Cc4cnc(N)nc4-c4cc5c(n4C)CCN(C(=O)O)C5=O)c3)cc2C(F)(F)F)CC1. The van der Waals surface area contributed by atoms with E-state index in [1.54, 1.807) is 23.7 Å². The zero-order valence-electron chi connectivity index (χ0n) is 28.5. The van der Waals surface area contributed by atoms with Crippen molar-refractivity contribution in [2.75, 3.05) is 50.3 Å². The van der Waals surface area contributed by atoms with Crippen LogP contribution in [0.5, 0.6) is 0 Å². The quantitative estimate of drug-likeness (QED) is 0.240. The largest absolute Gasteiger partial charge is 0.465 e. The fourth-order valence-electron chi connectivity index (χ4n) is 6.43. The lowest BCUT2D eigenvalue weighted by Crippen LogP contribution is -2.45. The zero-order chi connectivity index (χ0) is 37.2. The Morgan fingerprint density at radius 1 is 1.02 bits per heavy atom. The Bertz CT molecular complexity index is 2100. The van der Waals surface area contributed by atoms with Crippen molar-refractivity contribution in [2.45, 2.75) is 32.5 Å². The minimum absolute atomic E-state index is 0.0243. The number of amides is 3. The van der Waals surface area contributed by atoms with Crippen molar-refractivity contribution in [1.29, 1.82) is 0 Å². The van der Waals surface area contributed by atoms with E-state index < -0.39 is 29.6 Å². The monoisotopic (exact) mass is 715 g/mol. The first-order valence-electron chi connectivity index (χ1n) is 16.6. The Balaban J connectivity index is 1.17. The molecule has 1 fully saturated rings. The number of nitrogens with two attached hydrogens (primary N) is 1. The molecule has 0 saturated carbocycles. The summed E-state index contributed by atoms with van der Waals surface area (Å²) in [4.78, 5) is 54.9. The molecule has 3 aromatic heterocycles. The number of carbonyl (C=O) groups excluding carboxylic acids is 2. The first-order chi connectivity index (χ1) is 24.8. The Hall–Kier alpha value is -5.79. The van der Waals surface area contributed by atoms with Crippen molar-refractivity contribution in [3.05, 3.63) is 88.0 Å². The number of alkyl halides is 3. The number of carbonyl (C=O) groups is 3. The second kappa shape index (κ2) is 14.8. The van der Waals surface area contributed by atoms with Gasteiger partial charge >= 0.3 is 12.3 Å². The van der Waals surface area contributed by atoms with E-state index in [0.29, 0.717) is 53.3 Å². The minimum atomic E-state index is -4.59. The van der Waals surface area contributed by atoms with Crippen LogP contribution in [-0.4, -0.2) is 96.5 Å². The van der Waals surface area contributed by atoms with E-state index in [1.165, 1.54) is 30.7 Å². The summed E-state index contributed by atoms with van der Waals surface area (Å²) in [5.74, 6) is 4.78. The molecule has 16 heteroatoms. The molecule has 0 radical (unpaired) electrons. The maximum Gasteiger partial charge on any atom is 0.416 e. The van der Waals surface area contributed by atoms with Crippen LogP contribution in [0, 0.1) is 11.8 Å². The van der Waals surface area contributed by atoms with Crippen LogP contribution in [0.25, 0.3) is 11.4 Å².